The molecular weight excluding hydrogens is 260 g/mol. The van der Waals surface area contributed by atoms with Crippen LogP contribution in [0.1, 0.15) is 12.8 Å². The molecule has 0 radical (unpaired) electrons. The van der Waals surface area contributed by atoms with Crippen molar-refractivity contribution in [1.29, 1.82) is 0 Å². The van der Waals surface area contributed by atoms with Gasteiger partial charge < -0.3 is 15.6 Å². The summed E-state index contributed by atoms with van der Waals surface area (Å²) in [6.45, 7) is 1.93. The van der Waals surface area contributed by atoms with Crippen LogP contribution < -0.4 is 10.6 Å². The molecule has 0 bridgehead atoms. The van der Waals surface area contributed by atoms with E-state index in [-0.39, 0.29) is 0 Å². The number of aromatic nitrogens is 2. The van der Waals surface area contributed by atoms with Crippen LogP contribution >= 0.6 is 11.6 Å². The number of rotatable bonds is 2. The van der Waals surface area contributed by atoms with Gasteiger partial charge in [0.2, 0.25) is 5.95 Å². The average Bonchev–Trinajstić information content (AvgIpc) is 2.90. The van der Waals surface area contributed by atoms with Crippen LogP contribution in [0.2, 0.25) is 5.02 Å². The highest BCUT2D eigenvalue weighted by atomic mass is 35.5. The van der Waals surface area contributed by atoms with Crippen molar-refractivity contribution in [3.8, 4) is 11.3 Å². The molecule has 100 valence electrons. The van der Waals surface area contributed by atoms with Crippen LogP contribution in [-0.4, -0.2) is 29.1 Å². The van der Waals surface area contributed by atoms with Gasteiger partial charge in [-0.15, -0.1) is 0 Å². The summed E-state index contributed by atoms with van der Waals surface area (Å²) in [7, 11) is 0. The lowest BCUT2D eigenvalue weighted by atomic mass is 10.1. The van der Waals surface area contributed by atoms with Crippen molar-refractivity contribution in [2.24, 2.45) is 5.73 Å². The number of H-pyrrole nitrogens is 1. The fraction of sp³-hybridized carbons (Fsp3) is 0.357. The molecule has 0 unspecified atom stereocenters. The van der Waals surface area contributed by atoms with Gasteiger partial charge in [0.25, 0.3) is 0 Å². The number of hydrogen-bond acceptors (Lipinski definition) is 3. The number of imidazole rings is 1. The molecule has 3 N–H and O–H groups in total. The van der Waals surface area contributed by atoms with Gasteiger partial charge in [-0.1, -0.05) is 23.7 Å². The second kappa shape index (κ2) is 5.23. The lowest BCUT2D eigenvalue weighted by Crippen LogP contribution is -2.40. The number of hydrogen-bond donors (Lipinski definition) is 2. The molecule has 2 heterocycles. The zero-order valence-corrected chi connectivity index (χ0v) is 11.4. The number of nitrogens with zero attached hydrogens (tertiary/aromatic N) is 2. The Bertz CT molecular complexity index is 541. The first kappa shape index (κ1) is 12.5. The van der Waals surface area contributed by atoms with Crippen LogP contribution in [0, 0.1) is 0 Å². The number of nitrogens with one attached hydrogen (secondary N) is 1. The van der Waals surface area contributed by atoms with E-state index in [2.05, 4.69) is 14.9 Å². The number of nitrogens with two attached hydrogens (primary N) is 1. The molecule has 0 aliphatic carbocycles. The molecule has 1 aliphatic heterocycles. The van der Waals surface area contributed by atoms with Crippen LogP contribution in [0.4, 0.5) is 5.95 Å². The molecule has 1 aliphatic rings. The van der Waals surface area contributed by atoms with Crippen molar-refractivity contribution in [2.75, 3.05) is 18.0 Å². The van der Waals surface area contributed by atoms with E-state index in [1.165, 1.54) is 0 Å². The monoisotopic (exact) mass is 276 g/mol. The molecule has 4 nitrogen and oxygen atoms in total. The zero-order chi connectivity index (χ0) is 13.2. The minimum absolute atomic E-state index is 0.335. The molecule has 3 rings (SSSR count). The van der Waals surface area contributed by atoms with E-state index >= 15 is 0 Å². The number of halogens is 1. The Labute approximate surface area is 117 Å². The highest BCUT2D eigenvalue weighted by molar-refractivity contribution is 6.30. The fourth-order valence-corrected chi connectivity index (χ4v) is 2.48. The zero-order valence-electron chi connectivity index (χ0n) is 10.6. The normalized spacial score (nSPS) is 16.8. The predicted molar refractivity (Wildman–Crippen MR) is 78.5 cm³/mol. The second-order valence-electron chi connectivity index (χ2n) is 4.95. The summed E-state index contributed by atoms with van der Waals surface area (Å²) in [5.41, 5.74) is 8.03. The molecule has 0 atom stereocenters. The van der Waals surface area contributed by atoms with E-state index in [1.807, 2.05) is 30.5 Å². The Hall–Kier alpha value is -1.52. The molecule has 5 heteroatoms. The summed E-state index contributed by atoms with van der Waals surface area (Å²) in [6, 6.07) is 8.09. The van der Waals surface area contributed by atoms with Gasteiger partial charge in [-0.2, -0.15) is 0 Å². The maximum absolute atomic E-state index is 5.92. The Morgan fingerprint density at radius 2 is 1.89 bits per heavy atom. The highest BCUT2D eigenvalue weighted by Gasteiger charge is 2.18. The first-order valence-corrected chi connectivity index (χ1v) is 6.91. The van der Waals surface area contributed by atoms with E-state index in [4.69, 9.17) is 17.3 Å². The van der Waals surface area contributed by atoms with Gasteiger partial charge in [-0.25, -0.2) is 4.98 Å². The lowest BCUT2D eigenvalue weighted by molar-refractivity contribution is 0.496. The summed E-state index contributed by atoms with van der Waals surface area (Å²) in [6.07, 6.45) is 3.92. The van der Waals surface area contributed by atoms with Gasteiger partial charge in [-0.05, 0) is 30.5 Å². The van der Waals surface area contributed by atoms with Gasteiger partial charge >= 0.3 is 0 Å². The third-order valence-corrected chi connectivity index (χ3v) is 3.81. The van der Waals surface area contributed by atoms with E-state index in [0.717, 1.165) is 48.2 Å². The van der Waals surface area contributed by atoms with Crippen LogP contribution in [0.3, 0.4) is 0 Å². The van der Waals surface area contributed by atoms with E-state index in [9.17, 15) is 0 Å². The molecule has 1 fully saturated rings. The Balaban J connectivity index is 1.77. The van der Waals surface area contributed by atoms with Crippen molar-refractivity contribution < 1.29 is 0 Å². The van der Waals surface area contributed by atoms with Crippen LogP contribution in [0.25, 0.3) is 11.3 Å². The van der Waals surface area contributed by atoms with Crippen molar-refractivity contribution in [3.05, 3.63) is 35.5 Å². The maximum Gasteiger partial charge on any atom is 0.203 e. The van der Waals surface area contributed by atoms with Crippen molar-refractivity contribution in [2.45, 2.75) is 18.9 Å². The SMILES string of the molecule is NC1CCN(c2ncc(-c3ccc(Cl)cc3)[nH]2)CC1. The lowest BCUT2D eigenvalue weighted by Gasteiger charge is -2.29. The van der Waals surface area contributed by atoms with E-state index in [0.29, 0.717) is 6.04 Å². The summed E-state index contributed by atoms with van der Waals surface area (Å²) in [5.74, 6) is 0.928. The molecule has 19 heavy (non-hydrogen) atoms. The standard InChI is InChI=1S/C14H17ClN4/c15-11-3-1-10(2-4-11)13-9-17-14(18-13)19-7-5-12(16)6-8-19/h1-4,9,12H,5-8,16H2,(H,17,18). The third kappa shape index (κ3) is 2.74. The Kier molecular flexibility index (Phi) is 3.44. The smallest absolute Gasteiger partial charge is 0.203 e. The van der Waals surface area contributed by atoms with Gasteiger partial charge in [0.1, 0.15) is 0 Å². The first-order valence-electron chi connectivity index (χ1n) is 6.54. The number of anilines is 1. The quantitative estimate of drug-likeness (QED) is 0.887. The van der Waals surface area contributed by atoms with Gasteiger partial charge in [0.15, 0.2) is 0 Å². The maximum atomic E-state index is 5.92. The summed E-state index contributed by atoms with van der Waals surface area (Å²) < 4.78 is 0. The Morgan fingerprint density at radius 3 is 2.58 bits per heavy atom. The molecular formula is C14H17ClN4. The minimum Gasteiger partial charge on any atom is -0.342 e. The van der Waals surface area contributed by atoms with Gasteiger partial charge in [0, 0.05) is 24.2 Å². The van der Waals surface area contributed by atoms with Crippen LogP contribution in [0.5, 0.6) is 0 Å². The number of piperidine rings is 1. The van der Waals surface area contributed by atoms with Gasteiger partial charge in [0.05, 0.1) is 11.9 Å². The highest BCUT2D eigenvalue weighted by Crippen LogP contribution is 2.23. The summed E-state index contributed by atoms with van der Waals surface area (Å²) in [5, 5.41) is 0.744. The fourth-order valence-electron chi connectivity index (χ4n) is 2.36. The molecule has 0 spiro atoms. The Morgan fingerprint density at radius 1 is 1.21 bits per heavy atom. The van der Waals surface area contributed by atoms with E-state index < -0.39 is 0 Å². The molecule has 0 saturated carbocycles. The van der Waals surface area contributed by atoms with Crippen molar-refractivity contribution in [3.63, 3.8) is 0 Å². The second-order valence-corrected chi connectivity index (χ2v) is 5.39. The predicted octanol–water partition coefficient (Wildman–Crippen LogP) is 2.66. The largest absolute Gasteiger partial charge is 0.342 e. The molecule has 1 saturated heterocycles. The average molecular weight is 277 g/mol. The number of benzene rings is 1. The minimum atomic E-state index is 0.335. The third-order valence-electron chi connectivity index (χ3n) is 3.56. The van der Waals surface area contributed by atoms with Crippen molar-refractivity contribution in [1.82, 2.24) is 9.97 Å². The molecule has 0 amide bonds. The summed E-state index contributed by atoms with van der Waals surface area (Å²) >= 11 is 5.89. The van der Waals surface area contributed by atoms with E-state index in [1.54, 1.807) is 0 Å². The first-order chi connectivity index (χ1) is 9.22. The molecule has 2 aromatic rings. The van der Waals surface area contributed by atoms with Crippen LogP contribution in [0.15, 0.2) is 30.5 Å². The summed E-state index contributed by atoms with van der Waals surface area (Å²) in [4.78, 5) is 10.1. The molecule has 1 aromatic heterocycles. The molecule has 1 aromatic carbocycles. The number of aromatic amines is 1. The van der Waals surface area contributed by atoms with Crippen molar-refractivity contribution >= 4 is 17.5 Å². The topological polar surface area (TPSA) is 57.9 Å². The van der Waals surface area contributed by atoms with Gasteiger partial charge in [-0.3, -0.25) is 0 Å². The van der Waals surface area contributed by atoms with Crippen LogP contribution in [-0.2, 0) is 0 Å².